The molecule has 2 amide bonds. The molecule has 1 fully saturated rings. The van der Waals surface area contributed by atoms with Crippen molar-refractivity contribution < 1.29 is 9.59 Å². The number of amides is 2. The monoisotopic (exact) mass is 313 g/mol. The van der Waals surface area contributed by atoms with Gasteiger partial charge in [0.05, 0.1) is 6.04 Å². The molecule has 0 radical (unpaired) electrons. The highest BCUT2D eigenvalue weighted by Gasteiger charge is 2.29. The molecule has 1 saturated heterocycles. The molecule has 2 aromatic heterocycles. The fourth-order valence-corrected chi connectivity index (χ4v) is 2.75. The number of pyridine rings is 1. The van der Waals surface area contributed by atoms with Crippen molar-refractivity contribution in [3.05, 3.63) is 41.9 Å². The van der Waals surface area contributed by atoms with Gasteiger partial charge in [0.15, 0.2) is 5.82 Å². The number of carbonyl (C=O) groups excluding carboxylic acids is 2. The molecule has 120 valence electrons. The summed E-state index contributed by atoms with van der Waals surface area (Å²) < 4.78 is 1.81. The summed E-state index contributed by atoms with van der Waals surface area (Å²) in [6.07, 6.45) is 2.66. The lowest BCUT2D eigenvalue weighted by Crippen LogP contribution is -2.30. The highest BCUT2D eigenvalue weighted by atomic mass is 16.2. The number of anilines is 1. The predicted octanol–water partition coefficient (Wildman–Crippen LogP) is 1.63. The van der Waals surface area contributed by atoms with E-state index in [1.165, 1.54) is 6.92 Å². The Morgan fingerprint density at radius 1 is 1.30 bits per heavy atom. The Morgan fingerprint density at radius 3 is 2.87 bits per heavy atom. The molecule has 1 aliphatic heterocycles. The van der Waals surface area contributed by atoms with E-state index in [0.29, 0.717) is 24.6 Å². The van der Waals surface area contributed by atoms with Crippen molar-refractivity contribution in [2.24, 2.45) is 0 Å². The molecule has 7 heteroatoms. The van der Waals surface area contributed by atoms with Crippen LogP contribution in [0.4, 0.5) is 5.82 Å². The minimum Gasteiger partial charge on any atom is -0.335 e. The van der Waals surface area contributed by atoms with Crippen molar-refractivity contribution in [1.82, 2.24) is 19.7 Å². The van der Waals surface area contributed by atoms with Gasteiger partial charge in [0, 0.05) is 38.0 Å². The topological polar surface area (TPSA) is 80.1 Å². The largest absolute Gasteiger partial charge is 0.335 e. The van der Waals surface area contributed by atoms with Crippen LogP contribution in [0, 0.1) is 6.92 Å². The molecule has 23 heavy (non-hydrogen) atoms. The lowest BCUT2D eigenvalue weighted by Gasteiger charge is -2.16. The summed E-state index contributed by atoms with van der Waals surface area (Å²) in [5.41, 5.74) is 1.31. The predicted molar refractivity (Wildman–Crippen MR) is 85.1 cm³/mol. The van der Waals surface area contributed by atoms with Crippen LogP contribution in [0.3, 0.4) is 0 Å². The van der Waals surface area contributed by atoms with Gasteiger partial charge in [-0.1, -0.05) is 6.07 Å². The molecular formula is C16H19N5O2. The first kappa shape index (κ1) is 15.2. The Morgan fingerprint density at radius 2 is 2.13 bits per heavy atom. The quantitative estimate of drug-likeness (QED) is 0.934. The maximum atomic E-state index is 12.5. The fraction of sp³-hybridized carbons (Fsp3) is 0.375. The van der Waals surface area contributed by atoms with Crippen LogP contribution < -0.4 is 5.32 Å². The van der Waals surface area contributed by atoms with Gasteiger partial charge in [0.1, 0.15) is 5.69 Å². The van der Waals surface area contributed by atoms with Crippen molar-refractivity contribution in [3.63, 3.8) is 0 Å². The zero-order valence-electron chi connectivity index (χ0n) is 13.2. The summed E-state index contributed by atoms with van der Waals surface area (Å²) in [7, 11) is 0. The average molecular weight is 313 g/mol. The molecule has 1 N–H and O–H groups in total. The van der Waals surface area contributed by atoms with E-state index in [1.54, 1.807) is 17.0 Å². The third-order valence-corrected chi connectivity index (χ3v) is 3.84. The van der Waals surface area contributed by atoms with Crippen LogP contribution >= 0.6 is 0 Å². The molecular weight excluding hydrogens is 294 g/mol. The Bertz CT molecular complexity index is 740. The van der Waals surface area contributed by atoms with E-state index in [4.69, 9.17) is 0 Å². The molecule has 3 rings (SSSR count). The number of aryl methyl sites for hydroxylation is 1. The molecule has 1 aliphatic rings. The maximum Gasteiger partial charge on any atom is 0.272 e. The number of hydrogen-bond donors (Lipinski definition) is 1. The second kappa shape index (κ2) is 6.20. The second-order valence-corrected chi connectivity index (χ2v) is 5.72. The van der Waals surface area contributed by atoms with E-state index in [0.717, 1.165) is 12.1 Å². The van der Waals surface area contributed by atoms with Gasteiger partial charge >= 0.3 is 0 Å². The van der Waals surface area contributed by atoms with Gasteiger partial charge in [-0.2, -0.15) is 5.10 Å². The smallest absolute Gasteiger partial charge is 0.272 e. The summed E-state index contributed by atoms with van der Waals surface area (Å²) in [6.45, 7) is 4.59. The van der Waals surface area contributed by atoms with Crippen LogP contribution in [-0.4, -0.2) is 44.6 Å². The summed E-state index contributed by atoms with van der Waals surface area (Å²) in [5.74, 6) is 0.331. The minimum atomic E-state index is -0.149. The summed E-state index contributed by atoms with van der Waals surface area (Å²) >= 11 is 0. The normalized spacial score (nSPS) is 17.3. The van der Waals surface area contributed by atoms with Gasteiger partial charge in [-0.05, 0) is 25.5 Å². The van der Waals surface area contributed by atoms with Crippen LogP contribution in [0.5, 0.6) is 0 Å². The van der Waals surface area contributed by atoms with Crippen LogP contribution in [0.2, 0.25) is 0 Å². The van der Waals surface area contributed by atoms with Gasteiger partial charge in [-0.3, -0.25) is 14.3 Å². The first-order chi connectivity index (χ1) is 11.0. The number of hydrogen-bond acceptors (Lipinski definition) is 4. The third kappa shape index (κ3) is 3.39. The van der Waals surface area contributed by atoms with E-state index >= 15 is 0 Å². The van der Waals surface area contributed by atoms with Crippen LogP contribution in [0.25, 0.3) is 0 Å². The molecule has 2 aromatic rings. The van der Waals surface area contributed by atoms with E-state index in [1.807, 2.05) is 29.9 Å². The van der Waals surface area contributed by atoms with Gasteiger partial charge in [0.2, 0.25) is 5.91 Å². The number of nitrogens with zero attached hydrogens (tertiary/aromatic N) is 4. The number of aromatic nitrogens is 3. The number of carbonyl (C=O) groups is 2. The zero-order valence-corrected chi connectivity index (χ0v) is 13.2. The van der Waals surface area contributed by atoms with E-state index in [-0.39, 0.29) is 17.9 Å². The standard InChI is InChI=1S/C16H19N5O2/c1-11-4-3-5-14(17-11)16(23)20-8-6-13(10-20)21-9-7-15(19-21)18-12(2)22/h3-5,7,9,13H,6,8,10H2,1-2H3,(H,18,19,22)/t13-/m0/s1. The molecule has 0 unspecified atom stereocenters. The average Bonchev–Trinajstić information content (AvgIpc) is 3.14. The lowest BCUT2D eigenvalue weighted by molar-refractivity contribution is -0.114. The third-order valence-electron chi connectivity index (χ3n) is 3.84. The summed E-state index contributed by atoms with van der Waals surface area (Å²) in [5, 5.41) is 7.00. The molecule has 0 spiro atoms. The molecule has 7 nitrogen and oxygen atoms in total. The summed E-state index contributed by atoms with van der Waals surface area (Å²) in [4.78, 5) is 29.6. The highest BCUT2D eigenvalue weighted by molar-refractivity contribution is 5.92. The number of rotatable bonds is 3. The van der Waals surface area contributed by atoms with Crippen LogP contribution in [-0.2, 0) is 4.79 Å². The van der Waals surface area contributed by atoms with Gasteiger partial charge in [-0.25, -0.2) is 4.98 Å². The molecule has 0 aliphatic carbocycles. The molecule has 0 saturated carbocycles. The maximum absolute atomic E-state index is 12.5. The van der Waals surface area contributed by atoms with E-state index < -0.39 is 0 Å². The van der Waals surface area contributed by atoms with Gasteiger partial charge in [0.25, 0.3) is 5.91 Å². The second-order valence-electron chi connectivity index (χ2n) is 5.72. The van der Waals surface area contributed by atoms with Crippen molar-refractivity contribution in [2.45, 2.75) is 26.3 Å². The lowest BCUT2D eigenvalue weighted by atomic mass is 10.3. The first-order valence-electron chi connectivity index (χ1n) is 7.58. The first-order valence-corrected chi connectivity index (χ1v) is 7.58. The van der Waals surface area contributed by atoms with Crippen molar-refractivity contribution in [2.75, 3.05) is 18.4 Å². The van der Waals surface area contributed by atoms with Crippen molar-refractivity contribution in [1.29, 1.82) is 0 Å². The molecule has 3 heterocycles. The molecule has 1 atom stereocenters. The Labute approximate surface area is 134 Å². The minimum absolute atomic E-state index is 0.0505. The zero-order chi connectivity index (χ0) is 16.4. The van der Waals surface area contributed by atoms with Crippen molar-refractivity contribution >= 4 is 17.6 Å². The number of likely N-dealkylation sites (tertiary alicyclic amines) is 1. The Kier molecular flexibility index (Phi) is 4.10. The molecule has 0 aromatic carbocycles. The number of nitrogens with one attached hydrogen (secondary N) is 1. The summed E-state index contributed by atoms with van der Waals surface area (Å²) in [6, 6.07) is 7.33. The highest BCUT2D eigenvalue weighted by Crippen LogP contribution is 2.23. The van der Waals surface area contributed by atoms with Gasteiger partial charge in [-0.15, -0.1) is 0 Å². The fourth-order valence-electron chi connectivity index (χ4n) is 2.75. The van der Waals surface area contributed by atoms with Gasteiger partial charge < -0.3 is 10.2 Å². The van der Waals surface area contributed by atoms with Crippen molar-refractivity contribution in [3.8, 4) is 0 Å². The Balaban J connectivity index is 1.67. The SMILES string of the molecule is CC(=O)Nc1ccn([C@H]2CCN(C(=O)c3cccc(C)n3)C2)n1. The van der Waals surface area contributed by atoms with E-state index in [2.05, 4.69) is 15.4 Å². The Hall–Kier alpha value is -2.70. The van der Waals surface area contributed by atoms with Crippen LogP contribution in [0.15, 0.2) is 30.5 Å². The van der Waals surface area contributed by atoms with Crippen LogP contribution in [0.1, 0.15) is 35.6 Å². The molecule has 0 bridgehead atoms. The van der Waals surface area contributed by atoms with E-state index in [9.17, 15) is 9.59 Å².